The number of fused-ring (bicyclic) bond motifs is 1. The first kappa shape index (κ1) is 36.7. The summed E-state index contributed by atoms with van der Waals surface area (Å²) in [4.78, 5) is 44.9. The van der Waals surface area contributed by atoms with Crippen LogP contribution in [0.4, 0.5) is 38.0 Å². The summed E-state index contributed by atoms with van der Waals surface area (Å²) in [6, 6.07) is 12.7. The lowest BCUT2D eigenvalue weighted by Crippen LogP contribution is -2.42. The number of aliphatic carboxylic acids is 3. The normalized spacial score (nSPS) is 11.8. The molecule has 5 aromatic rings. The first-order chi connectivity index (χ1) is 23.2. The van der Waals surface area contributed by atoms with Gasteiger partial charge < -0.3 is 40.0 Å². The minimum atomic E-state index is -4.56. The quantitative estimate of drug-likeness (QED) is 0.0966. The van der Waals surface area contributed by atoms with Crippen LogP contribution >= 0.6 is 0 Å². The van der Waals surface area contributed by atoms with E-state index in [0.717, 1.165) is 17.6 Å². The van der Waals surface area contributed by atoms with Crippen LogP contribution < -0.4 is 10.1 Å². The van der Waals surface area contributed by atoms with Gasteiger partial charge in [0.25, 0.3) is 0 Å². The summed E-state index contributed by atoms with van der Waals surface area (Å²) in [5.41, 5.74) is -2.61. The molecule has 0 fully saturated rings. The number of ether oxygens (including phenoxy) is 1. The molecule has 5 rings (SSSR count). The van der Waals surface area contributed by atoms with Crippen molar-refractivity contribution in [3.63, 3.8) is 0 Å². The average molecular weight is 711 g/mol. The number of alkyl halides is 6. The van der Waals surface area contributed by atoms with E-state index in [0.29, 0.717) is 34.8 Å². The number of imidazole rings is 2. The molecular formula is C30H24F6N6O8. The molecule has 0 bridgehead atoms. The van der Waals surface area contributed by atoms with E-state index in [2.05, 4.69) is 25.3 Å². The van der Waals surface area contributed by atoms with Gasteiger partial charge in [0.1, 0.15) is 22.9 Å². The minimum absolute atomic E-state index is 0.0584. The molecule has 0 saturated heterocycles. The van der Waals surface area contributed by atoms with E-state index < -0.39 is 60.0 Å². The lowest BCUT2D eigenvalue weighted by Gasteiger charge is -2.18. The third-order valence-electron chi connectivity index (χ3n) is 6.70. The number of hydrogen-bond acceptors (Lipinski definition) is 9. The molecule has 0 unspecified atom stereocenters. The van der Waals surface area contributed by atoms with Gasteiger partial charge in [0.05, 0.1) is 35.6 Å². The fourth-order valence-electron chi connectivity index (χ4n) is 4.28. The molecule has 6 N–H and O–H groups in total. The van der Waals surface area contributed by atoms with Crippen molar-refractivity contribution in [2.24, 2.45) is 7.05 Å². The topological polar surface area (TPSA) is 213 Å². The lowest BCUT2D eigenvalue weighted by molar-refractivity contribution is -0.170. The molecule has 20 heteroatoms. The number of carbonyl (C=O) groups is 3. The second-order valence-electron chi connectivity index (χ2n) is 10.4. The lowest BCUT2D eigenvalue weighted by atomic mass is 9.96. The molecule has 14 nitrogen and oxygen atoms in total. The maximum Gasteiger partial charge on any atom is 0.432 e. The molecular weight excluding hydrogens is 686 g/mol. The van der Waals surface area contributed by atoms with E-state index in [9.17, 15) is 40.7 Å². The number of anilines is 2. The van der Waals surface area contributed by atoms with Gasteiger partial charge in [-0.2, -0.15) is 26.3 Å². The van der Waals surface area contributed by atoms with E-state index in [-0.39, 0.29) is 11.5 Å². The van der Waals surface area contributed by atoms with Crippen molar-refractivity contribution in [2.45, 2.75) is 30.8 Å². The Morgan fingerprint density at radius 2 is 1.48 bits per heavy atom. The van der Waals surface area contributed by atoms with Crippen LogP contribution in [0.1, 0.15) is 24.1 Å². The Kier molecular flexibility index (Phi) is 10.4. The van der Waals surface area contributed by atoms with Gasteiger partial charge in [-0.1, -0.05) is 0 Å². The highest BCUT2D eigenvalue weighted by Gasteiger charge is 2.41. The maximum atomic E-state index is 12.9. The van der Waals surface area contributed by atoms with Gasteiger partial charge in [0.15, 0.2) is 11.4 Å². The Hall–Kier alpha value is -6.18. The van der Waals surface area contributed by atoms with Crippen LogP contribution in [0, 0.1) is 0 Å². The van der Waals surface area contributed by atoms with E-state index in [1.165, 1.54) is 30.5 Å². The number of hydrogen-bond donors (Lipinski definition) is 6. The third-order valence-corrected chi connectivity index (χ3v) is 6.70. The molecule has 0 aliphatic rings. The number of aryl methyl sites for hydroxylation is 1. The Balaban J connectivity index is 0.000000369. The van der Waals surface area contributed by atoms with Gasteiger partial charge in [-0.05, 0) is 42.5 Å². The number of aromatic amines is 1. The zero-order valence-corrected chi connectivity index (χ0v) is 25.2. The molecule has 3 aromatic heterocycles. The van der Waals surface area contributed by atoms with Crippen molar-refractivity contribution in [3.05, 3.63) is 78.2 Å². The molecule has 50 heavy (non-hydrogen) atoms. The predicted molar refractivity (Wildman–Crippen MR) is 159 cm³/mol. The second kappa shape index (κ2) is 14.1. The van der Waals surface area contributed by atoms with Crippen molar-refractivity contribution in [1.29, 1.82) is 0 Å². The van der Waals surface area contributed by atoms with Crippen LogP contribution in [-0.2, 0) is 33.8 Å². The molecule has 264 valence electrons. The Morgan fingerprint density at radius 3 is 2.02 bits per heavy atom. The number of H-pyrrole nitrogens is 1. The van der Waals surface area contributed by atoms with Gasteiger partial charge in [-0.3, -0.25) is 14.6 Å². The van der Waals surface area contributed by atoms with Gasteiger partial charge in [0.2, 0.25) is 5.95 Å². The van der Waals surface area contributed by atoms with Gasteiger partial charge in [-0.15, -0.1) is 0 Å². The fourth-order valence-corrected chi connectivity index (χ4v) is 4.28. The number of rotatable bonds is 10. The summed E-state index contributed by atoms with van der Waals surface area (Å²) >= 11 is 0. The monoisotopic (exact) mass is 710 g/mol. The SMILES string of the molecule is Cn1c(Nc2ccc(C(F)(F)F)cc2)nc2cc(Oc3ccnc(-c4ncc(C(F)(F)F)[nH]4)c3)ccc21.O=C(O)CC(O)(CC(=O)O)C(=O)O. The summed E-state index contributed by atoms with van der Waals surface area (Å²) in [7, 11) is 1.75. The highest BCUT2D eigenvalue weighted by molar-refractivity contribution is 5.88. The zero-order valence-electron chi connectivity index (χ0n) is 25.2. The van der Waals surface area contributed by atoms with E-state index in [4.69, 9.17) is 25.2 Å². The number of carboxylic acid groups (broad SMARTS) is 3. The first-order valence-corrected chi connectivity index (χ1v) is 13.8. The van der Waals surface area contributed by atoms with Crippen molar-refractivity contribution in [3.8, 4) is 23.0 Å². The minimum Gasteiger partial charge on any atom is -0.481 e. The summed E-state index contributed by atoms with van der Waals surface area (Å²) < 4.78 is 84.5. The van der Waals surface area contributed by atoms with Gasteiger partial charge in [-0.25, -0.2) is 14.8 Å². The molecule has 0 saturated carbocycles. The molecule has 0 atom stereocenters. The van der Waals surface area contributed by atoms with Crippen molar-refractivity contribution in [1.82, 2.24) is 24.5 Å². The standard InChI is InChI=1S/C24H16F6N6O.C6H8O7/c1-36-19-7-6-15(10-17(19)34-22(36)33-14-4-2-13(3-5-14)23(25,26)27)37-16-8-9-31-18(11-16)21-32-12-20(35-21)24(28,29)30;7-3(8)1-6(13,5(11)12)2-4(9)10/h2-12H,1H3,(H,32,35)(H,33,34);13H,1-2H2,(H,7,8)(H,9,10)(H,11,12). The summed E-state index contributed by atoms with van der Waals surface area (Å²) in [5.74, 6) is -3.96. The summed E-state index contributed by atoms with van der Waals surface area (Å²) in [6.45, 7) is 0. The van der Waals surface area contributed by atoms with Crippen LogP contribution in [0.15, 0.2) is 67.0 Å². The largest absolute Gasteiger partial charge is 0.481 e. The average Bonchev–Trinajstić information content (AvgIpc) is 3.62. The second-order valence-corrected chi connectivity index (χ2v) is 10.4. The fraction of sp³-hybridized carbons (Fsp3) is 0.200. The highest BCUT2D eigenvalue weighted by Crippen LogP contribution is 2.33. The number of benzene rings is 2. The number of nitrogens with zero attached hydrogens (tertiary/aromatic N) is 4. The number of aromatic nitrogens is 5. The Morgan fingerprint density at radius 1 is 0.860 bits per heavy atom. The number of halogens is 6. The van der Waals surface area contributed by atoms with Crippen LogP contribution in [-0.4, -0.2) is 68.4 Å². The van der Waals surface area contributed by atoms with Crippen LogP contribution in [0.2, 0.25) is 0 Å². The van der Waals surface area contributed by atoms with Crippen molar-refractivity contribution >= 4 is 40.6 Å². The molecule has 0 radical (unpaired) electrons. The molecule has 0 aliphatic carbocycles. The van der Waals surface area contributed by atoms with E-state index in [1.807, 2.05) is 0 Å². The van der Waals surface area contributed by atoms with Crippen LogP contribution in [0.25, 0.3) is 22.6 Å². The smallest absolute Gasteiger partial charge is 0.432 e. The first-order valence-electron chi connectivity index (χ1n) is 13.8. The van der Waals surface area contributed by atoms with Gasteiger partial charge in [0, 0.05) is 31.1 Å². The Labute approximate surface area is 275 Å². The maximum absolute atomic E-state index is 12.9. The number of carboxylic acids is 3. The number of nitrogens with one attached hydrogen (secondary N) is 2. The zero-order chi connectivity index (χ0) is 37.0. The van der Waals surface area contributed by atoms with Gasteiger partial charge >= 0.3 is 30.3 Å². The number of aliphatic hydroxyl groups is 1. The number of pyridine rings is 1. The Bertz CT molecular complexity index is 2010. The van der Waals surface area contributed by atoms with E-state index >= 15 is 0 Å². The predicted octanol–water partition coefficient (Wildman–Crippen LogP) is 5.68. The molecule has 0 aliphatic heterocycles. The molecule has 0 spiro atoms. The van der Waals surface area contributed by atoms with E-state index in [1.54, 1.807) is 29.8 Å². The van der Waals surface area contributed by atoms with Crippen LogP contribution in [0.5, 0.6) is 11.5 Å². The van der Waals surface area contributed by atoms with Crippen LogP contribution in [0.3, 0.4) is 0 Å². The van der Waals surface area contributed by atoms with Crippen molar-refractivity contribution in [2.75, 3.05) is 5.32 Å². The highest BCUT2D eigenvalue weighted by atomic mass is 19.4. The molecule has 0 amide bonds. The summed E-state index contributed by atoms with van der Waals surface area (Å²) in [6.07, 6.45) is -9.20. The third kappa shape index (κ3) is 9.04. The summed E-state index contributed by atoms with van der Waals surface area (Å²) in [5, 5.41) is 36.8. The molecule has 2 aromatic carbocycles. The van der Waals surface area contributed by atoms with Crippen molar-refractivity contribution < 1.29 is 65.9 Å². The molecule has 3 heterocycles.